The summed E-state index contributed by atoms with van der Waals surface area (Å²) in [5.41, 5.74) is 0. The minimum Gasteiger partial charge on any atom is -0.396 e. The largest absolute Gasteiger partial charge is 0.396 e. The molecule has 0 bridgehead atoms. The van der Waals surface area contributed by atoms with Gasteiger partial charge in [-0.05, 0) is 38.3 Å². The van der Waals surface area contributed by atoms with Crippen molar-refractivity contribution in [2.24, 2.45) is 11.8 Å². The number of piperazine rings is 1. The molecule has 0 aromatic rings. The van der Waals surface area contributed by atoms with Gasteiger partial charge in [-0.15, -0.1) is 0 Å². The average Bonchev–Trinajstić information content (AvgIpc) is 2.84. The Kier molecular flexibility index (Phi) is 5.89. The van der Waals surface area contributed by atoms with Gasteiger partial charge in [0.05, 0.1) is 0 Å². The number of aliphatic hydroxyl groups is 1. The molecule has 0 radical (unpaired) electrons. The molecular weight excluding hydrogens is 226 g/mol. The lowest BCUT2D eigenvalue weighted by Crippen LogP contribution is -2.46. The van der Waals surface area contributed by atoms with Gasteiger partial charge in [0.15, 0.2) is 0 Å². The van der Waals surface area contributed by atoms with Crippen molar-refractivity contribution in [3.8, 4) is 0 Å². The smallest absolute Gasteiger partial charge is 0.0462 e. The summed E-state index contributed by atoms with van der Waals surface area (Å²) < 4.78 is 0. The molecule has 18 heavy (non-hydrogen) atoms. The second kappa shape index (κ2) is 7.43. The Balaban J connectivity index is 1.53. The van der Waals surface area contributed by atoms with Crippen LogP contribution in [0.4, 0.5) is 0 Å². The fourth-order valence-corrected chi connectivity index (χ4v) is 3.22. The predicted molar refractivity (Wildman–Crippen MR) is 74.7 cm³/mol. The van der Waals surface area contributed by atoms with Crippen LogP contribution in [0.5, 0.6) is 0 Å². The summed E-state index contributed by atoms with van der Waals surface area (Å²) in [4.78, 5) is 4.94. The first-order valence-corrected chi connectivity index (χ1v) is 7.52. The molecule has 2 fully saturated rings. The molecule has 4 nitrogen and oxygen atoms in total. The minimum atomic E-state index is 0.380. The second-order valence-corrected chi connectivity index (χ2v) is 5.98. The summed E-state index contributed by atoms with van der Waals surface area (Å²) in [6.45, 7) is 8.57. The molecule has 2 rings (SSSR count). The third kappa shape index (κ3) is 4.19. The van der Waals surface area contributed by atoms with Crippen molar-refractivity contribution in [2.75, 3.05) is 59.5 Å². The van der Waals surface area contributed by atoms with Gasteiger partial charge in [-0.25, -0.2) is 0 Å². The lowest BCUT2D eigenvalue weighted by molar-refractivity contribution is 0.152. The Labute approximate surface area is 111 Å². The molecule has 0 aromatic carbocycles. The van der Waals surface area contributed by atoms with E-state index in [9.17, 15) is 5.11 Å². The lowest BCUT2D eigenvalue weighted by Gasteiger charge is -2.32. The normalized spacial score (nSPS) is 31.0. The van der Waals surface area contributed by atoms with Crippen LogP contribution in [0.2, 0.25) is 0 Å². The molecule has 0 aromatic heterocycles. The van der Waals surface area contributed by atoms with Crippen molar-refractivity contribution < 1.29 is 5.11 Å². The van der Waals surface area contributed by atoms with Gasteiger partial charge in [-0.1, -0.05) is 6.42 Å². The summed E-state index contributed by atoms with van der Waals surface area (Å²) in [7, 11) is 2.20. The van der Waals surface area contributed by atoms with Gasteiger partial charge in [0, 0.05) is 45.9 Å². The van der Waals surface area contributed by atoms with Crippen molar-refractivity contribution in [1.82, 2.24) is 15.1 Å². The third-order valence-corrected chi connectivity index (χ3v) is 4.66. The van der Waals surface area contributed by atoms with Crippen LogP contribution in [0.15, 0.2) is 0 Å². The minimum absolute atomic E-state index is 0.380. The standard InChI is InChI=1S/C14H29N3O/c1-16-7-9-17(10-8-16)6-5-15-11-13-3-2-4-14(13)12-18/h13-15,18H,2-12H2,1H3. The molecule has 0 spiro atoms. The molecule has 1 aliphatic carbocycles. The van der Waals surface area contributed by atoms with Gasteiger partial charge >= 0.3 is 0 Å². The zero-order chi connectivity index (χ0) is 12.8. The van der Waals surface area contributed by atoms with Crippen molar-refractivity contribution in [3.63, 3.8) is 0 Å². The maximum atomic E-state index is 9.28. The van der Waals surface area contributed by atoms with Crippen LogP contribution >= 0.6 is 0 Å². The molecule has 1 heterocycles. The monoisotopic (exact) mass is 255 g/mol. The highest BCUT2D eigenvalue weighted by Crippen LogP contribution is 2.30. The van der Waals surface area contributed by atoms with E-state index in [1.54, 1.807) is 0 Å². The highest BCUT2D eigenvalue weighted by Gasteiger charge is 2.25. The van der Waals surface area contributed by atoms with Crippen LogP contribution in [-0.4, -0.2) is 74.4 Å². The fraction of sp³-hybridized carbons (Fsp3) is 1.00. The Morgan fingerprint density at radius 1 is 1.11 bits per heavy atom. The zero-order valence-corrected chi connectivity index (χ0v) is 11.8. The van der Waals surface area contributed by atoms with E-state index < -0.39 is 0 Å². The Bertz CT molecular complexity index is 229. The predicted octanol–water partition coefficient (Wildman–Crippen LogP) is 0.232. The quantitative estimate of drug-likeness (QED) is 0.667. The van der Waals surface area contributed by atoms with E-state index in [-0.39, 0.29) is 0 Å². The molecule has 0 amide bonds. The van der Waals surface area contributed by atoms with Crippen LogP contribution in [0.25, 0.3) is 0 Å². The van der Waals surface area contributed by atoms with Crippen molar-refractivity contribution in [1.29, 1.82) is 0 Å². The van der Waals surface area contributed by atoms with E-state index >= 15 is 0 Å². The van der Waals surface area contributed by atoms with Crippen LogP contribution in [0, 0.1) is 11.8 Å². The maximum absolute atomic E-state index is 9.28. The second-order valence-electron chi connectivity index (χ2n) is 5.98. The summed E-state index contributed by atoms with van der Waals surface area (Å²) >= 11 is 0. The summed E-state index contributed by atoms with van der Waals surface area (Å²) in [5, 5.41) is 12.9. The average molecular weight is 255 g/mol. The number of hydrogen-bond donors (Lipinski definition) is 2. The van der Waals surface area contributed by atoms with Gasteiger partial charge in [0.2, 0.25) is 0 Å². The van der Waals surface area contributed by atoms with Gasteiger partial charge in [0.1, 0.15) is 0 Å². The maximum Gasteiger partial charge on any atom is 0.0462 e. The molecular formula is C14H29N3O. The molecule has 106 valence electrons. The third-order valence-electron chi connectivity index (χ3n) is 4.66. The van der Waals surface area contributed by atoms with Crippen LogP contribution in [0.3, 0.4) is 0 Å². The SMILES string of the molecule is CN1CCN(CCNCC2CCCC2CO)CC1. The van der Waals surface area contributed by atoms with Crippen LogP contribution in [-0.2, 0) is 0 Å². The van der Waals surface area contributed by atoms with E-state index in [0.717, 1.165) is 13.1 Å². The summed E-state index contributed by atoms with van der Waals surface area (Å²) in [6, 6.07) is 0. The number of aliphatic hydroxyl groups excluding tert-OH is 1. The Morgan fingerprint density at radius 3 is 2.56 bits per heavy atom. The Morgan fingerprint density at radius 2 is 1.83 bits per heavy atom. The van der Waals surface area contributed by atoms with E-state index in [0.29, 0.717) is 18.4 Å². The van der Waals surface area contributed by atoms with Crippen LogP contribution < -0.4 is 5.32 Å². The van der Waals surface area contributed by atoms with E-state index in [1.807, 2.05) is 0 Å². The van der Waals surface area contributed by atoms with Gasteiger partial charge < -0.3 is 15.3 Å². The van der Waals surface area contributed by atoms with Crippen molar-refractivity contribution in [3.05, 3.63) is 0 Å². The molecule has 2 atom stereocenters. The first-order chi connectivity index (χ1) is 8.79. The first-order valence-electron chi connectivity index (χ1n) is 7.52. The molecule has 2 aliphatic rings. The topological polar surface area (TPSA) is 38.7 Å². The number of nitrogens with one attached hydrogen (secondary N) is 1. The lowest BCUT2D eigenvalue weighted by atomic mass is 9.97. The molecule has 2 unspecified atom stereocenters. The van der Waals surface area contributed by atoms with E-state index in [4.69, 9.17) is 0 Å². The Hall–Kier alpha value is -0.160. The fourth-order valence-electron chi connectivity index (χ4n) is 3.22. The van der Waals surface area contributed by atoms with Gasteiger partial charge in [-0.2, -0.15) is 0 Å². The van der Waals surface area contributed by atoms with Gasteiger partial charge in [0.25, 0.3) is 0 Å². The molecule has 1 aliphatic heterocycles. The molecule has 1 saturated heterocycles. The van der Waals surface area contributed by atoms with Gasteiger partial charge in [-0.3, -0.25) is 4.90 Å². The highest BCUT2D eigenvalue weighted by atomic mass is 16.3. The summed E-state index contributed by atoms with van der Waals surface area (Å²) in [6.07, 6.45) is 3.82. The number of likely N-dealkylation sites (N-methyl/N-ethyl adjacent to an activating group) is 1. The van der Waals surface area contributed by atoms with E-state index in [2.05, 4.69) is 22.2 Å². The highest BCUT2D eigenvalue weighted by molar-refractivity contribution is 4.79. The number of rotatable bonds is 6. The van der Waals surface area contributed by atoms with E-state index in [1.165, 1.54) is 52.0 Å². The van der Waals surface area contributed by atoms with Crippen molar-refractivity contribution in [2.45, 2.75) is 19.3 Å². The molecule has 4 heteroatoms. The number of hydrogen-bond acceptors (Lipinski definition) is 4. The van der Waals surface area contributed by atoms with Crippen molar-refractivity contribution >= 4 is 0 Å². The molecule has 2 N–H and O–H groups in total. The zero-order valence-electron chi connectivity index (χ0n) is 11.8. The number of nitrogens with zero attached hydrogens (tertiary/aromatic N) is 2. The summed E-state index contributed by atoms with van der Waals surface area (Å²) in [5.74, 6) is 1.27. The first kappa shape index (κ1) is 14.3. The molecule has 1 saturated carbocycles. The van der Waals surface area contributed by atoms with Crippen LogP contribution in [0.1, 0.15) is 19.3 Å².